The summed E-state index contributed by atoms with van der Waals surface area (Å²) in [5.41, 5.74) is 1.25. The second-order valence-corrected chi connectivity index (χ2v) is 6.86. The minimum Gasteiger partial charge on any atom is -0.284 e. The average Bonchev–Trinajstić information content (AvgIpc) is 2.85. The number of H-pyrrole nitrogens is 1. The number of aromatic amines is 1. The van der Waals surface area contributed by atoms with Gasteiger partial charge in [-0.2, -0.15) is 5.10 Å². The number of alkyl halides is 1. The molecule has 0 aliphatic carbocycles. The monoisotopic (exact) mass is 328 g/mol. The minimum absolute atomic E-state index is 0.0592. The van der Waals surface area contributed by atoms with Gasteiger partial charge < -0.3 is 0 Å². The van der Waals surface area contributed by atoms with Crippen LogP contribution in [0.5, 0.6) is 0 Å². The van der Waals surface area contributed by atoms with Gasteiger partial charge in [0.2, 0.25) is 10.0 Å². The number of anilines is 1. The first-order chi connectivity index (χ1) is 10.00. The number of nitrogens with one attached hydrogen (secondary N) is 2. The highest BCUT2D eigenvalue weighted by Crippen LogP contribution is 2.20. The molecule has 2 rings (SSSR count). The first-order valence-electron chi connectivity index (χ1n) is 6.56. The number of benzene rings is 1. The lowest BCUT2D eigenvalue weighted by Gasteiger charge is -2.08. The highest BCUT2D eigenvalue weighted by Gasteiger charge is 2.11. The van der Waals surface area contributed by atoms with Crippen molar-refractivity contribution in [3.63, 3.8) is 0 Å². The third-order valence-electron chi connectivity index (χ3n) is 2.79. The van der Waals surface area contributed by atoms with Gasteiger partial charge in [0.05, 0.1) is 5.75 Å². The van der Waals surface area contributed by atoms with Crippen LogP contribution in [0.4, 0.5) is 5.69 Å². The Morgan fingerprint density at radius 2 is 2.14 bits per heavy atom. The van der Waals surface area contributed by atoms with Crippen LogP contribution >= 0.6 is 11.6 Å². The van der Waals surface area contributed by atoms with E-state index >= 15 is 0 Å². The van der Waals surface area contributed by atoms with Crippen molar-refractivity contribution in [1.82, 2.24) is 15.2 Å². The molecule has 1 heterocycles. The Hall–Kier alpha value is -1.60. The van der Waals surface area contributed by atoms with E-state index in [0.29, 0.717) is 36.1 Å². The number of aryl methyl sites for hydroxylation is 1. The molecule has 0 saturated carbocycles. The molecular weight excluding hydrogens is 312 g/mol. The summed E-state index contributed by atoms with van der Waals surface area (Å²) in [6.45, 7) is 1.81. The molecule has 0 unspecified atom stereocenters. The lowest BCUT2D eigenvalue weighted by molar-refractivity contribution is 0.598. The van der Waals surface area contributed by atoms with Gasteiger partial charge in [-0.05, 0) is 31.9 Å². The first kappa shape index (κ1) is 15.8. The minimum atomic E-state index is -3.36. The standard InChI is InChI=1S/C13H17ClN4O2S/c1-10-15-13(17-16-10)11-5-4-6-12(9-11)18-21(19,20)8-3-2-7-14/h4-6,9,18H,2-3,7-8H2,1H3,(H,15,16,17). The van der Waals surface area contributed by atoms with Crippen molar-refractivity contribution < 1.29 is 8.42 Å². The van der Waals surface area contributed by atoms with E-state index in [9.17, 15) is 8.42 Å². The normalized spacial score (nSPS) is 11.5. The van der Waals surface area contributed by atoms with E-state index in [1.54, 1.807) is 25.1 Å². The number of aromatic nitrogens is 3. The summed E-state index contributed by atoms with van der Waals surface area (Å²) in [7, 11) is -3.36. The van der Waals surface area contributed by atoms with E-state index in [-0.39, 0.29) is 5.75 Å². The number of unbranched alkanes of at least 4 members (excludes halogenated alkanes) is 1. The van der Waals surface area contributed by atoms with E-state index in [1.165, 1.54) is 0 Å². The fourth-order valence-corrected chi connectivity index (χ4v) is 3.17. The van der Waals surface area contributed by atoms with Crippen LogP contribution in [0.25, 0.3) is 11.4 Å². The number of nitrogens with zero attached hydrogens (tertiary/aromatic N) is 2. The van der Waals surface area contributed by atoms with Crippen molar-refractivity contribution in [2.24, 2.45) is 0 Å². The molecule has 1 aromatic carbocycles. The molecule has 8 heteroatoms. The van der Waals surface area contributed by atoms with Gasteiger partial charge in [0, 0.05) is 17.1 Å². The van der Waals surface area contributed by atoms with Crippen LogP contribution < -0.4 is 4.72 Å². The van der Waals surface area contributed by atoms with Crippen molar-refractivity contribution in [1.29, 1.82) is 0 Å². The molecule has 6 nitrogen and oxygen atoms in total. The molecule has 0 aliphatic rings. The molecule has 0 atom stereocenters. The fraction of sp³-hybridized carbons (Fsp3) is 0.385. The van der Waals surface area contributed by atoms with Crippen LogP contribution in [0.2, 0.25) is 0 Å². The summed E-state index contributed by atoms with van der Waals surface area (Å²) in [5, 5.41) is 6.81. The quantitative estimate of drug-likeness (QED) is 0.604. The molecular formula is C13H17ClN4O2S. The number of hydrogen-bond donors (Lipinski definition) is 2. The van der Waals surface area contributed by atoms with Crippen molar-refractivity contribution >= 4 is 27.3 Å². The predicted octanol–water partition coefficient (Wildman–Crippen LogP) is 2.54. The summed E-state index contributed by atoms with van der Waals surface area (Å²) >= 11 is 5.55. The molecule has 0 radical (unpaired) electrons. The Bertz CT molecular complexity index is 700. The third kappa shape index (κ3) is 4.71. The van der Waals surface area contributed by atoms with Gasteiger partial charge in [0.1, 0.15) is 5.82 Å². The zero-order valence-electron chi connectivity index (χ0n) is 11.6. The van der Waals surface area contributed by atoms with E-state index in [4.69, 9.17) is 11.6 Å². The molecule has 114 valence electrons. The Balaban J connectivity index is 2.11. The number of hydrogen-bond acceptors (Lipinski definition) is 4. The van der Waals surface area contributed by atoms with Gasteiger partial charge in [-0.3, -0.25) is 9.82 Å². The second-order valence-electron chi connectivity index (χ2n) is 4.64. The molecule has 0 aliphatic heterocycles. The zero-order chi connectivity index (χ0) is 15.3. The van der Waals surface area contributed by atoms with Crippen molar-refractivity contribution in [2.75, 3.05) is 16.4 Å². The van der Waals surface area contributed by atoms with E-state index in [2.05, 4.69) is 19.9 Å². The molecule has 2 aromatic rings. The predicted molar refractivity (Wildman–Crippen MR) is 83.9 cm³/mol. The molecule has 1 aromatic heterocycles. The highest BCUT2D eigenvalue weighted by atomic mass is 35.5. The van der Waals surface area contributed by atoms with Crippen molar-refractivity contribution in [2.45, 2.75) is 19.8 Å². The van der Waals surface area contributed by atoms with E-state index in [0.717, 1.165) is 5.56 Å². The fourth-order valence-electron chi connectivity index (χ4n) is 1.81. The van der Waals surface area contributed by atoms with Crippen LogP contribution in [-0.2, 0) is 10.0 Å². The van der Waals surface area contributed by atoms with Crippen LogP contribution in [0.1, 0.15) is 18.7 Å². The third-order valence-corrected chi connectivity index (χ3v) is 4.43. The van der Waals surface area contributed by atoms with Crippen LogP contribution in [0, 0.1) is 6.92 Å². The summed E-state index contributed by atoms with van der Waals surface area (Å²) in [6, 6.07) is 7.00. The van der Waals surface area contributed by atoms with Gasteiger partial charge in [-0.1, -0.05) is 12.1 Å². The van der Waals surface area contributed by atoms with Crippen LogP contribution in [0.15, 0.2) is 24.3 Å². The Morgan fingerprint density at radius 1 is 1.33 bits per heavy atom. The highest BCUT2D eigenvalue weighted by molar-refractivity contribution is 7.92. The Labute approximate surface area is 129 Å². The van der Waals surface area contributed by atoms with Crippen LogP contribution in [-0.4, -0.2) is 35.2 Å². The lowest BCUT2D eigenvalue weighted by atomic mass is 10.2. The summed E-state index contributed by atoms with van der Waals surface area (Å²) in [4.78, 5) is 4.22. The molecule has 2 N–H and O–H groups in total. The maximum Gasteiger partial charge on any atom is 0.232 e. The van der Waals surface area contributed by atoms with Crippen LogP contribution in [0.3, 0.4) is 0 Å². The zero-order valence-corrected chi connectivity index (χ0v) is 13.2. The Kier molecular flexibility index (Phi) is 5.19. The van der Waals surface area contributed by atoms with Gasteiger partial charge in [-0.25, -0.2) is 13.4 Å². The molecule has 0 amide bonds. The first-order valence-corrected chi connectivity index (χ1v) is 8.75. The number of sulfonamides is 1. The van der Waals surface area contributed by atoms with Gasteiger partial charge in [-0.15, -0.1) is 11.6 Å². The molecule has 0 bridgehead atoms. The van der Waals surface area contributed by atoms with Crippen molar-refractivity contribution in [3.8, 4) is 11.4 Å². The van der Waals surface area contributed by atoms with Gasteiger partial charge >= 0.3 is 0 Å². The summed E-state index contributed by atoms with van der Waals surface area (Å²) in [5.74, 6) is 1.77. The SMILES string of the molecule is Cc1nc(-c2cccc(NS(=O)(=O)CCCCCl)c2)n[nH]1. The summed E-state index contributed by atoms with van der Waals surface area (Å²) < 4.78 is 26.4. The maximum atomic E-state index is 11.9. The smallest absolute Gasteiger partial charge is 0.232 e. The van der Waals surface area contributed by atoms with E-state index in [1.807, 2.05) is 6.07 Å². The second kappa shape index (κ2) is 6.91. The number of rotatable bonds is 7. The number of halogens is 1. The summed E-state index contributed by atoms with van der Waals surface area (Å²) in [6.07, 6.45) is 1.22. The topological polar surface area (TPSA) is 87.7 Å². The average molecular weight is 329 g/mol. The molecule has 0 fully saturated rings. The lowest BCUT2D eigenvalue weighted by Crippen LogP contribution is -2.16. The molecule has 0 spiro atoms. The van der Waals surface area contributed by atoms with Crippen molar-refractivity contribution in [3.05, 3.63) is 30.1 Å². The maximum absolute atomic E-state index is 11.9. The van der Waals surface area contributed by atoms with E-state index < -0.39 is 10.0 Å². The molecule has 21 heavy (non-hydrogen) atoms. The molecule has 0 saturated heterocycles. The van der Waals surface area contributed by atoms with Gasteiger partial charge in [0.25, 0.3) is 0 Å². The van der Waals surface area contributed by atoms with Gasteiger partial charge in [0.15, 0.2) is 5.82 Å². The largest absolute Gasteiger partial charge is 0.284 e. The Morgan fingerprint density at radius 3 is 2.81 bits per heavy atom.